The highest BCUT2D eigenvalue weighted by atomic mass is 32.1. The van der Waals surface area contributed by atoms with Crippen LogP contribution in [0.1, 0.15) is 36.9 Å². The molecule has 80 valence electrons. The summed E-state index contributed by atoms with van der Waals surface area (Å²) in [5.41, 5.74) is 0. The number of thiophene rings is 1. The van der Waals surface area contributed by atoms with Gasteiger partial charge in [0.1, 0.15) is 0 Å². The van der Waals surface area contributed by atoms with Crippen molar-refractivity contribution in [3.63, 3.8) is 0 Å². The number of rotatable bonds is 5. The minimum Gasteiger partial charge on any atom is -0.393 e. The van der Waals surface area contributed by atoms with E-state index in [1.54, 1.807) is 0 Å². The third kappa shape index (κ3) is 3.10. The molecule has 0 fully saturated rings. The van der Waals surface area contributed by atoms with Crippen molar-refractivity contribution < 1.29 is 5.11 Å². The van der Waals surface area contributed by atoms with Gasteiger partial charge in [0.2, 0.25) is 0 Å². The first kappa shape index (κ1) is 11.7. The van der Waals surface area contributed by atoms with Crippen molar-refractivity contribution in [1.82, 2.24) is 0 Å². The molecule has 2 heteroatoms. The summed E-state index contributed by atoms with van der Waals surface area (Å²) >= 11 is 1.88. The van der Waals surface area contributed by atoms with Gasteiger partial charge in [-0.15, -0.1) is 11.3 Å². The molecule has 0 aliphatic rings. The summed E-state index contributed by atoms with van der Waals surface area (Å²) in [6.45, 7) is 6.22. The average molecular weight is 212 g/mol. The lowest BCUT2D eigenvalue weighted by atomic mass is 9.96. The number of aryl methyl sites for hydroxylation is 1. The van der Waals surface area contributed by atoms with Crippen LogP contribution in [-0.4, -0.2) is 11.2 Å². The SMILES string of the molecule is CCc1ccc(CC(CC)C(C)O)s1. The van der Waals surface area contributed by atoms with Gasteiger partial charge in [-0.3, -0.25) is 0 Å². The van der Waals surface area contributed by atoms with Crippen molar-refractivity contribution >= 4 is 11.3 Å². The Kier molecular flexibility index (Phi) is 4.63. The molecule has 0 bridgehead atoms. The molecule has 1 aromatic rings. The van der Waals surface area contributed by atoms with Crippen molar-refractivity contribution in [2.45, 2.75) is 46.1 Å². The normalized spacial score (nSPS) is 15.4. The average Bonchev–Trinajstić information content (AvgIpc) is 2.61. The van der Waals surface area contributed by atoms with Crippen LogP contribution >= 0.6 is 11.3 Å². The highest BCUT2D eigenvalue weighted by Gasteiger charge is 2.14. The first-order valence-corrected chi connectivity index (χ1v) is 6.24. The summed E-state index contributed by atoms with van der Waals surface area (Å²) < 4.78 is 0. The van der Waals surface area contributed by atoms with Crippen molar-refractivity contribution in [3.05, 3.63) is 21.9 Å². The Morgan fingerprint density at radius 2 is 1.93 bits per heavy atom. The second kappa shape index (κ2) is 5.52. The molecule has 1 rings (SSSR count). The minimum absolute atomic E-state index is 0.188. The van der Waals surface area contributed by atoms with Gasteiger partial charge in [0.25, 0.3) is 0 Å². The van der Waals surface area contributed by atoms with Crippen LogP contribution in [0.4, 0.5) is 0 Å². The van der Waals surface area contributed by atoms with Crippen LogP contribution < -0.4 is 0 Å². The van der Waals surface area contributed by atoms with Gasteiger partial charge in [0, 0.05) is 9.75 Å². The maximum atomic E-state index is 9.54. The zero-order valence-electron chi connectivity index (χ0n) is 9.29. The molecule has 0 amide bonds. The topological polar surface area (TPSA) is 20.2 Å². The predicted molar refractivity (Wildman–Crippen MR) is 62.9 cm³/mol. The zero-order valence-corrected chi connectivity index (χ0v) is 10.1. The highest BCUT2D eigenvalue weighted by molar-refractivity contribution is 7.11. The summed E-state index contributed by atoms with van der Waals surface area (Å²) in [7, 11) is 0. The number of aliphatic hydroxyl groups is 1. The quantitative estimate of drug-likeness (QED) is 0.794. The standard InChI is InChI=1S/C12H20OS/c1-4-10(9(3)13)8-12-7-6-11(5-2)14-12/h6-7,9-10,13H,4-5,8H2,1-3H3. The molecule has 14 heavy (non-hydrogen) atoms. The van der Waals surface area contributed by atoms with Gasteiger partial charge >= 0.3 is 0 Å². The molecule has 0 radical (unpaired) electrons. The lowest BCUT2D eigenvalue weighted by molar-refractivity contribution is 0.123. The van der Waals surface area contributed by atoms with Crippen LogP contribution in [0.15, 0.2) is 12.1 Å². The minimum atomic E-state index is -0.188. The summed E-state index contributed by atoms with van der Waals surface area (Å²) in [5.74, 6) is 0.415. The van der Waals surface area contributed by atoms with Gasteiger partial charge < -0.3 is 5.11 Å². The zero-order chi connectivity index (χ0) is 10.6. The Labute approximate surface area is 90.8 Å². The van der Waals surface area contributed by atoms with E-state index in [1.165, 1.54) is 9.75 Å². The summed E-state index contributed by atoms with van der Waals surface area (Å²) in [6, 6.07) is 4.41. The molecule has 1 N–H and O–H groups in total. The maximum Gasteiger partial charge on any atom is 0.0543 e. The van der Waals surface area contributed by atoms with Crippen molar-refractivity contribution in [2.75, 3.05) is 0 Å². The monoisotopic (exact) mass is 212 g/mol. The molecular weight excluding hydrogens is 192 g/mol. The number of hydrogen-bond donors (Lipinski definition) is 1. The lowest BCUT2D eigenvalue weighted by Gasteiger charge is -2.16. The Bertz CT molecular complexity index is 265. The fraction of sp³-hybridized carbons (Fsp3) is 0.667. The molecule has 0 aliphatic carbocycles. The summed E-state index contributed by atoms with van der Waals surface area (Å²) in [6.07, 6.45) is 3.01. The van der Waals surface area contributed by atoms with E-state index in [1.807, 2.05) is 18.3 Å². The maximum absolute atomic E-state index is 9.54. The van der Waals surface area contributed by atoms with Gasteiger partial charge in [-0.2, -0.15) is 0 Å². The van der Waals surface area contributed by atoms with Gasteiger partial charge in [-0.05, 0) is 37.8 Å². The lowest BCUT2D eigenvalue weighted by Crippen LogP contribution is -2.17. The van der Waals surface area contributed by atoms with Crippen molar-refractivity contribution in [2.24, 2.45) is 5.92 Å². The first-order chi connectivity index (χ1) is 6.67. The number of aliphatic hydroxyl groups excluding tert-OH is 1. The van der Waals surface area contributed by atoms with Crippen LogP contribution in [0.3, 0.4) is 0 Å². The van der Waals surface area contributed by atoms with Crippen LogP contribution in [0.5, 0.6) is 0 Å². The molecule has 2 atom stereocenters. The molecule has 1 heterocycles. The molecule has 0 aromatic carbocycles. The fourth-order valence-corrected chi connectivity index (χ4v) is 2.69. The third-order valence-electron chi connectivity index (χ3n) is 2.74. The van der Waals surface area contributed by atoms with E-state index < -0.39 is 0 Å². The van der Waals surface area contributed by atoms with Gasteiger partial charge in [-0.1, -0.05) is 20.3 Å². The van der Waals surface area contributed by atoms with E-state index in [0.717, 1.165) is 19.3 Å². The highest BCUT2D eigenvalue weighted by Crippen LogP contribution is 2.23. The van der Waals surface area contributed by atoms with E-state index in [9.17, 15) is 5.11 Å². The van der Waals surface area contributed by atoms with Crippen molar-refractivity contribution in [1.29, 1.82) is 0 Å². The van der Waals surface area contributed by atoms with Gasteiger partial charge in [0.15, 0.2) is 0 Å². The molecule has 0 spiro atoms. The van der Waals surface area contributed by atoms with E-state index >= 15 is 0 Å². The Balaban J connectivity index is 2.57. The van der Waals surface area contributed by atoms with E-state index in [0.29, 0.717) is 5.92 Å². The van der Waals surface area contributed by atoms with E-state index in [-0.39, 0.29) is 6.10 Å². The summed E-state index contributed by atoms with van der Waals surface area (Å²) in [5, 5.41) is 9.54. The van der Waals surface area contributed by atoms with Crippen LogP contribution in [0.25, 0.3) is 0 Å². The van der Waals surface area contributed by atoms with Crippen LogP contribution in [0.2, 0.25) is 0 Å². The van der Waals surface area contributed by atoms with Crippen LogP contribution in [0, 0.1) is 5.92 Å². The number of hydrogen-bond acceptors (Lipinski definition) is 2. The van der Waals surface area contributed by atoms with Crippen LogP contribution in [-0.2, 0) is 12.8 Å². The van der Waals surface area contributed by atoms with Crippen molar-refractivity contribution in [3.8, 4) is 0 Å². The van der Waals surface area contributed by atoms with Gasteiger partial charge in [-0.25, -0.2) is 0 Å². The molecule has 0 saturated heterocycles. The Hall–Kier alpha value is -0.340. The largest absolute Gasteiger partial charge is 0.393 e. The molecule has 1 nitrogen and oxygen atoms in total. The third-order valence-corrected chi connectivity index (χ3v) is 3.99. The molecule has 0 aliphatic heterocycles. The molecule has 2 unspecified atom stereocenters. The van der Waals surface area contributed by atoms with E-state index in [4.69, 9.17) is 0 Å². The molecule has 1 aromatic heterocycles. The Morgan fingerprint density at radius 3 is 2.36 bits per heavy atom. The smallest absolute Gasteiger partial charge is 0.0543 e. The molecular formula is C12H20OS. The second-order valence-electron chi connectivity index (χ2n) is 3.83. The second-order valence-corrected chi connectivity index (χ2v) is 5.09. The Morgan fingerprint density at radius 1 is 1.29 bits per heavy atom. The summed E-state index contributed by atoms with van der Waals surface area (Å²) in [4.78, 5) is 2.86. The first-order valence-electron chi connectivity index (χ1n) is 5.43. The molecule has 0 saturated carbocycles. The van der Waals surface area contributed by atoms with Gasteiger partial charge in [0.05, 0.1) is 6.10 Å². The fourth-order valence-electron chi connectivity index (χ4n) is 1.64. The van der Waals surface area contributed by atoms with E-state index in [2.05, 4.69) is 26.0 Å². The predicted octanol–water partition coefficient (Wildman–Crippen LogP) is 3.26.